The Hall–Kier alpha value is -1.20. The Bertz CT molecular complexity index is 791. The third kappa shape index (κ3) is 3.16. The van der Waals surface area contributed by atoms with Crippen LogP contribution in [0.4, 0.5) is 8.78 Å². The molecule has 0 radical (unpaired) electrons. The van der Waals surface area contributed by atoms with E-state index in [0.717, 1.165) is 0 Å². The van der Waals surface area contributed by atoms with Gasteiger partial charge >= 0.3 is 0 Å². The SMILES string of the molecule is N#CC1(S(=N)(=O)c2ccc(OC3CCC(F)(F)CC3)c(Br)c2)CC1. The zero-order chi connectivity index (χ0) is 17.6. The molecule has 1 atom stereocenters. The van der Waals surface area contributed by atoms with Crippen LogP contribution in [0.15, 0.2) is 27.6 Å². The maximum Gasteiger partial charge on any atom is 0.248 e. The minimum Gasteiger partial charge on any atom is -0.489 e. The van der Waals surface area contributed by atoms with Crippen LogP contribution in [0.3, 0.4) is 0 Å². The van der Waals surface area contributed by atoms with Gasteiger partial charge in [-0.2, -0.15) is 5.26 Å². The summed E-state index contributed by atoms with van der Waals surface area (Å²) in [6, 6.07) is 6.68. The second-order valence-electron chi connectivity index (χ2n) is 6.43. The summed E-state index contributed by atoms with van der Waals surface area (Å²) in [5.41, 5.74) is 0. The molecule has 130 valence electrons. The van der Waals surface area contributed by atoms with Crippen LogP contribution in [-0.2, 0) is 9.73 Å². The Labute approximate surface area is 148 Å². The van der Waals surface area contributed by atoms with Crippen LogP contribution < -0.4 is 4.74 Å². The van der Waals surface area contributed by atoms with E-state index in [9.17, 15) is 18.3 Å². The van der Waals surface area contributed by atoms with Gasteiger partial charge in [0.25, 0.3) is 0 Å². The van der Waals surface area contributed by atoms with Crippen molar-refractivity contribution in [2.24, 2.45) is 0 Å². The van der Waals surface area contributed by atoms with Gasteiger partial charge < -0.3 is 4.74 Å². The van der Waals surface area contributed by atoms with Crippen molar-refractivity contribution < 1.29 is 17.7 Å². The zero-order valence-electron chi connectivity index (χ0n) is 12.9. The van der Waals surface area contributed by atoms with Crippen molar-refractivity contribution in [3.8, 4) is 11.8 Å². The van der Waals surface area contributed by atoms with Gasteiger partial charge in [0.05, 0.1) is 31.3 Å². The number of halogens is 3. The fraction of sp³-hybridized carbons (Fsp3) is 0.562. The maximum atomic E-state index is 13.2. The second kappa shape index (κ2) is 5.95. The summed E-state index contributed by atoms with van der Waals surface area (Å²) in [5.74, 6) is -2.13. The average Bonchev–Trinajstić information content (AvgIpc) is 3.32. The number of ether oxygens (including phenoxy) is 1. The lowest BCUT2D eigenvalue weighted by Crippen LogP contribution is -2.30. The third-order valence-electron chi connectivity index (χ3n) is 4.65. The van der Waals surface area contributed by atoms with Crippen molar-refractivity contribution in [3.63, 3.8) is 0 Å². The summed E-state index contributed by atoms with van der Waals surface area (Å²) in [5, 5.41) is 9.19. The standard InChI is InChI=1S/C16H17BrF2N2O2S/c17-13-9-12(24(21,22)15(10-20)7-8-15)1-2-14(13)23-11-3-5-16(18,19)6-4-11/h1-2,9,11,21H,3-8H2. The van der Waals surface area contributed by atoms with E-state index >= 15 is 0 Å². The molecule has 0 saturated heterocycles. The fourth-order valence-corrected chi connectivity index (χ4v) is 5.29. The summed E-state index contributed by atoms with van der Waals surface area (Å²) in [6.45, 7) is 0. The van der Waals surface area contributed by atoms with Crippen LogP contribution in [0, 0.1) is 16.1 Å². The molecule has 2 aliphatic rings. The van der Waals surface area contributed by atoms with Gasteiger partial charge in [-0.25, -0.2) is 17.8 Å². The quantitative estimate of drug-likeness (QED) is 0.757. The van der Waals surface area contributed by atoms with E-state index in [2.05, 4.69) is 15.9 Å². The molecule has 0 bridgehead atoms. The number of benzene rings is 1. The molecule has 0 aliphatic heterocycles. The molecule has 0 amide bonds. The molecule has 24 heavy (non-hydrogen) atoms. The molecule has 4 nitrogen and oxygen atoms in total. The molecule has 1 N–H and O–H groups in total. The Balaban J connectivity index is 1.76. The van der Waals surface area contributed by atoms with E-state index in [-0.39, 0.29) is 36.7 Å². The molecule has 1 aromatic carbocycles. The summed E-state index contributed by atoms with van der Waals surface area (Å²) < 4.78 is 52.5. The molecule has 2 saturated carbocycles. The summed E-state index contributed by atoms with van der Waals surface area (Å²) in [4.78, 5) is 0.288. The van der Waals surface area contributed by atoms with E-state index in [4.69, 9.17) is 9.52 Å². The van der Waals surface area contributed by atoms with Gasteiger partial charge in [0.15, 0.2) is 0 Å². The monoisotopic (exact) mass is 418 g/mol. The van der Waals surface area contributed by atoms with Crippen LogP contribution in [0.2, 0.25) is 0 Å². The fourth-order valence-electron chi connectivity index (χ4n) is 2.87. The highest BCUT2D eigenvalue weighted by Gasteiger charge is 2.53. The van der Waals surface area contributed by atoms with E-state index in [1.54, 1.807) is 12.1 Å². The first-order valence-corrected chi connectivity index (χ1v) is 10.1. The van der Waals surface area contributed by atoms with E-state index < -0.39 is 20.4 Å². The predicted octanol–water partition coefficient (Wildman–Crippen LogP) is 4.87. The molecular formula is C16H17BrF2N2O2S. The van der Waals surface area contributed by atoms with E-state index in [1.165, 1.54) is 6.07 Å². The van der Waals surface area contributed by atoms with Gasteiger partial charge in [-0.3, -0.25) is 0 Å². The van der Waals surface area contributed by atoms with Crippen molar-refractivity contribution in [1.29, 1.82) is 10.0 Å². The molecule has 1 unspecified atom stereocenters. The zero-order valence-corrected chi connectivity index (χ0v) is 15.3. The lowest BCUT2D eigenvalue weighted by molar-refractivity contribution is -0.0583. The molecule has 0 aromatic heterocycles. The van der Waals surface area contributed by atoms with Crippen LogP contribution in [0.1, 0.15) is 38.5 Å². The van der Waals surface area contributed by atoms with Crippen LogP contribution in [0.25, 0.3) is 0 Å². The first kappa shape index (κ1) is 17.6. The molecule has 0 spiro atoms. The first-order chi connectivity index (χ1) is 11.2. The average molecular weight is 419 g/mol. The molecule has 3 rings (SSSR count). The number of nitrogens with zero attached hydrogens (tertiary/aromatic N) is 1. The summed E-state index contributed by atoms with van der Waals surface area (Å²) >= 11 is 3.33. The normalized spacial score (nSPS) is 24.6. The van der Waals surface area contributed by atoms with Crippen molar-refractivity contribution in [2.45, 2.75) is 60.2 Å². The third-order valence-corrected chi connectivity index (χ3v) is 7.79. The van der Waals surface area contributed by atoms with Crippen molar-refractivity contribution in [2.75, 3.05) is 0 Å². The smallest absolute Gasteiger partial charge is 0.248 e. The molecule has 0 heterocycles. The maximum absolute atomic E-state index is 13.2. The first-order valence-electron chi connectivity index (χ1n) is 7.73. The minimum atomic E-state index is -3.21. The summed E-state index contributed by atoms with van der Waals surface area (Å²) in [7, 11) is -3.21. The molecule has 1 aromatic rings. The Kier molecular flexibility index (Phi) is 4.37. The van der Waals surface area contributed by atoms with Gasteiger partial charge in [-0.15, -0.1) is 0 Å². The number of rotatable bonds is 4. The number of nitrogens with one attached hydrogen (secondary N) is 1. The number of hydrogen-bond donors (Lipinski definition) is 1. The highest BCUT2D eigenvalue weighted by Crippen LogP contribution is 2.47. The largest absolute Gasteiger partial charge is 0.489 e. The Morgan fingerprint density at radius 2 is 1.92 bits per heavy atom. The summed E-state index contributed by atoms with van der Waals surface area (Å²) in [6.07, 6.45) is 0.871. The molecular weight excluding hydrogens is 402 g/mol. The Morgan fingerprint density at radius 1 is 1.29 bits per heavy atom. The predicted molar refractivity (Wildman–Crippen MR) is 88.7 cm³/mol. The van der Waals surface area contributed by atoms with Crippen molar-refractivity contribution in [1.82, 2.24) is 0 Å². The number of hydrogen-bond acceptors (Lipinski definition) is 4. The van der Waals surface area contributed by atoms with Crippen LogP contribution in [0.5, 0.6) is 5.75 Å². The number of nitriles is 1. The van der Waals surface area contributed by atoms with Gasteiger partial charge in [-0.05, 0) is 59.8 Å². The van der Waals surface area contributed by atoms with Crippen molar-refractivity contribution in [3.05, 3.63) is 22.7 Å². The van der Waals surface area contributed by atoms with Crippen LogP contribution in [-0.4, -0.2) is 21.0 Å². The highest BCUT2D eigenvalue weighted by molar-refractivity contribution is 9.10. The van der Waals surface area contributed by atoms with E-state index in [1.807, 2.05) is 6.07 Å². The molecule has 2 fully saturated rings. The Morgan fingerprint density at radius 3 is 2.42 bits per heavy atom. The molecule has 2 aliphatic carbocycles. The second-order valence-corrected chi connectivity index (χ2v) is 9.65. The van der Waals surface area contributed by atoms with Gasteiger partial charge in [-0.1, -0.05) is 0 Å². The highest BCUT2D eigenvalue weighted by atomic mass is 79.9. The molecule has 8 heteroatoms. The lowest BCUT2D eigenvalue weighted by atomic mass is 9.94. The van der Waals surface area contributed by atoms with Gasteiger partial charge in [0.1, 0.15) is 10.5 Å². The van der Waals surface area contributed by atoms with Crippen LogP contribution >= 0.6 is 15.9 Å². The van der Waals surface area contributed by atoms with Gasteiger partial charge in [0.2, 0.25) is 5.92 Å². The topological polar surface area (TPSA) is 73.9 Å². The van der Waals surface area contributed by atoms with E-state index in [0.29, 0.717) is 23.1 Å². The van der Waals surface area contributed by atoms with Gasteiger partial charge in [0, 0.05) is 12.8 Å². The lowest BCUT2D eigenvalue weighted by Gasteiger charge is -2.29. The number of alkyl halides is 2. The minimum absolute atomic E-state index is 0.182. The van der Waals surface area contributed by atoms with Crippen molar-refractivity contribution >= 4 is 25.7 Å².